The van der Waals surface area contributed by atoms with Gasteiger partial charge in [0.2, 0.25) is 0 Å². The van der Waals surface area contributed by atoms with Gasteiger partial charge in [-0.1, -0.05) is 6.07 Å². The molecule has 1 aromatic heterocycles. The molecule has 0 unspecified atom stereocenters. The van der Waals surface area contributed by atoms with Gasteiger partial charge < -0.3 is 15.0 Å². The Bertz CT molecular complexity index is 425. The third-order valence-electron chi connectivity index (χ3n) is 3.68. The quantitative estimate of drug-likeness (QED) is 0.909. The van der Waals surface area contributed by atoms with Gasteiger partial charge in [0.25, 0.3) is 5.91 Å². The summed E-state index contributed by atoms with van der Waals surface area (Å²) in [6, 6.07) is 3.85. The average molecular weight is 336 g/mol. The molecule has 0 aliphatic carbocycles. The van der Waals surface area contributed by atoms with Gasteiger partial charge in [0.15, 0.2) is 0 Å². The predicted molar refractivity (Wildman–Crippen MR) is 87.1 cm³/mol. The minimum atomic E-state index is -0.664. The molecule has 1 aliphatic rings. The third kappa shape index (κ3) is 4.81. The Balaban J connectivity index is 0.00000200. The average Bonchev–Trinajstić information content (AvgIpc) is 2.48. The summed E-state index contributed by atoms with van der Waals surface area (Å²) in [5.74, 6) is 0.0559. The molecule has 0 atom stereocenters. The lowest BCUT2D eigenvalue weighted by Crippen LogP contribution is -2.54. The SMILES string of the molecule is COC1(C(=O)N(C)Cc2cccnc2)CCNCC1.Cl.Cl. The van der Waals surface area contributed by atoms with Crippen molar-refractivity contribution in [3.8, 4) is 0 Å². The number of aromatic nitrogens is 1. The van der Waals surface area contributed by atoms with E-state index in [9.17, 15) is 4.79 Å². The summed E-state index contributed by atoms with van der Waals surface area (Å²) in [7, 11) is 3.44. The number of hydrogen-bond acceptors (Lipinski definition) is 4. The van der Waals surface area contributed by atoms with Crippen LogP contribution < -0.4 is 5.32 Å². The van der Waals surface area contributed by atoms with E-state index in [2.05, 4.69) is 10.3 Å². The Kier molecular flexibility index (Phi) is 8.82. The van der Waals surface area contributed by atoms with Crippen LogP contribution in [0.4, 0.5) is 0 Å². The molecule has 120 valence electrons. The van der Waals surface area contributed by atoms with Crippen LogP contribution in [0.15, 0.2) is 24.5 Å². The number of hydrogen-bond donors (Lipinski definition) is 1. The topological polar surface area (TPSA) is 54.5 Å². The van der Waals surface area contributed by atoms with Gasteiger partial charge in [0.05, 0.1) is 0 Å². The molecule has 1 aliphatic heterocycles. The van der Waals surface area contributed by atoms with Crippen LogP contribution >= 0.6 is 24.8 Å². The third-order valence-corrected chi connectivity index (χ3v) is 3.68. The maximum atomic E-state index is 12.6. The number of pyridine rings is 1. The Morgan fingerprint density at radius 2 is 2.10 bits per heavy atom. The van der Waals surface area contributed by atoms with Gasteiger partial charge in [-0.3, -0.25) is 9.78 Å². The number of carbonyl (C=O) groups is 1. The number of nitrogens with zero attached hydrogens (tertiary/aromatic N) is 2. The molecule has 0 spiro atoms. The Morgan fingerprint density at radius 3 is 2.62 bits per heavy atom. The van der Waals surface area contributed by atoms with Crippen molar-refractivity contribution in [3.63, 3.8) is 0 Å². The number of likely N-dealkylation sites (N-methyl/N-ethyl adjacent to an activating group) is 1. The number of amides is 1. The second-order valence-electron chi connectivity index (χ2n) is 4.97. The van der Waals surface area contributed by atoms with E-state index >= 15 is 0 Å². The second kappa shape index (κ2) is 9.20. The monoisotopic (exact) mass is 335 g/mol. The first kappa shape index (κ1) is 20.1. The van der Waals surface area contributed by atoms with E-state index in [0.717, 1.165) is 31.5 Å². The van der Waals surface area contributed by atoms with Gasteiger partial charge in [-0.15, -0.1) is 24.8 Å². The maximum Gasteiger partial charge on any atom is 0.254 e. The van der Waals surface area contributed by atoms with Crippen molar-refractivity contribution in [1.82, 2.24) is 15.2 Å². The molecule has 1 fully saturated rings. The molecule has 0 aromatic carbocycles. The van der Waals surface area contributed by atoms with Crippen LogP contribution in [0.2, 0.25) is 0 Å². The lowest BCUT2D eigenvalue weighted by atomic mass is 9.90. The summed E-state index contributed by atoms with van der Waals surface area (Å²) in [6.07, 6.45) is 4.96. The number of halogens is 2. The highest BCUT2D eigenvalue weighted by atomic mass is 35.5. The molecule has 1 aromatic rings. The summed E-state index contributed by atoms with van der Waals surface area (Å²) in [5, 5.41) is 3.26. The predicted octanol–water partition coefficient (Wildman–Crippen LogP) is 1.65. The van der Waals surface area contributed by atoms with E-state index in [1.807, 2.05) is 19.2 Å². The van der Waals surface area contributed by atoms with E-state index < -0.39 is 5.60 Å². The first-order valence-electron chi connectivity index (χ1n) is 6.58. The highest BCUT2D eigenvalue weighted by Crippen LogP contribution is 2.25. The first-order chi connectivity index (χ1) is 9.18. The summed E-state index contributed by atoms with van der Waals surface area (Å²) in [4.78, 5) is 18.4. The van der Waals surface area contributed by atoms with Crippen LogP contribution in [-0.4, -0.2) is 48.6 Å². The van der Waals surface area contributed by atoms with Crippen molar-refractivity contribution >= 4 is 30.7 Å². The van der Waals surface area contributed by atoms with Gasteiger partial charge in [-0.25, -0.2) is 0 Å². The van der Waals surface area contributed by atoms with Crippen molar-refractivity contribution in [2.75, 3.05) is 27.2 Å². The smallest absolute Gasteiger partial charge is 0.254 e. The molecule has 1 N–H and O–H groups in total. The van der Waals surface area contributed by atoms with Gasteiger partial charge in [0, 0.05) is 33.1 Å². The van der Waals surface area contributed by atoms with Crippen molar-refractivity contribution in [2.45, 2.75) is 25.0 Å². The zero-order valence-corrected chi connectivity index (χ0v) is 14.0. The number of ether oxygens (including phenoxy) is 1. The van der Waals surface area contributed by atoms with Gasteiger partial charge in [0.1, 0.15) is 5.60 Å². The van der Waals surface area contributed by atoms with E-state index in [0.29, 0.717) is 6.54 Å². The van der Waals surface area contributed by atoms with Crippen molar-refractivity contribution in [1.29, 1.82) is 0 Å². The van der Waals surface area contributed by atoms with E-state index in [-0.39, 0.29) is 30.7 Å². The minimum absolute atomic E-state index is 0. The molecule has 1 saturated heterocycles. The molecule has 7 heteroatoms. The molecule has 2 heterocycles. The maximum absolute atomic E-state index is 12.6. The fraction of sp³-hybridized carbons (Fsp3) is 0.571. The van der Waals surface area contributed by atoms with Crippen molar-refractivity contribution in [2.24, 2.45) is 0 Å². The standard InChI is InChI=1S/C14H21N3O2.2ClH/c1-17(11-12-4-3-7-16-10-12)13(18)14(19-2)5-8-15-9-6-14;;/h3-4,7,10,15H,5-6,8-9,11H2,1-2H3;2*1H. The molecule has 0 saturated carbocycles. The van der Waals surface area contributed by atoms with Crippen LogP contribution in [0.3, 0.4) is 0 Å². The lowest BCUT2D eigenvalue weighted by Gasteiger charge is -2.37. The fourth-order valence-corrected chi connectivity index (χ4v) is 2.52. The molecule has 21 heavy (non-hydrogen) atoms. The molecule has 0 bridgehead atoms. The number of rotatable bonds is 4. The Morgan fingerprint density at radius 1 is 1.43 bits per heavy atom. The Hall–Kier alpha value is -0.880. The summed E-state index contributed by atoms with van der Waals surface area (Å²) >= 11 is 0. The number of nitrogens with one attached hydrogen (secondary N) is 1. The van der Waals surface area contributed by atoms with Gasteiger partial charge >= 0.3 is 0 Å². The molecule has 0 radical (unpaired) electrons. The van der Waals surface area contributed by atoms with E-state index in [4.69, 9.17) is 4.74 Å². The molecule has 2 rings (SSSR count). The molecule has 5 nitrogen and oxygen atoms in total. The number of piperidine rings is 1. The largest absolute Gasteiger partial charge is 0.368 e. The second-order valence-corrected chi connectivity index (χ2v) is 4.97. The highest BCUT2D eigenvalue weighted by Gasteiger charge is 2.41. The Labute approximate surface area is 138 Å². The van der Waals surface area contributed by atoms with E-state index in [1.54, 1.807) is 24.4 Å². The molecular formula is C14H23Cl2N3O2. The minimum Gasteiger partial charge on any atom is -0.368 e. The van der Waals surface area contributed by atoms with E-state index in [1.165, 1.54) is 0 Å². The first-order valence-corrected chi connectivity index (χ1v) is 6.58. The van der Waals surface area contributed by atoms with Crippen LogP contribution in [0.5, 0.6) is 0 Å². The van der Waals surface area contributed by atoms with Gasteiger partial charge in [-0.05, 0) is 37.6 Å². The van der Waals surface area contributed by atoms with Crippen LogP contribution in [0.25, 0.3) is 0 Å². The van der Waals surface area contributed by atoms with Crippen LogP contribution in [0.1, 0.15) is 18.4 Å². The zero-order chi connectivity index (χ0) is 13.7. The lowest BCUT2D eigenvalue weighted by molar-refractivity contribution is -0.157. The number of methoxy groups -OCH3 is 1. The van der Waals surface area contributed by atoms with Crippen molar-refractivity contribution < 1.29 is 9.53 Å². The van der Waals surface area contributed by atoms with Crippen LogP contribution in [-0.2, 0) is 16.1 Å². The molecule has 1 amide bonds. The zero-order valence-electron chi connectivity index (χ0n) is 12.4. The summed E-state index contributed by atoms with van der Waals surface area (Å²) < 4.78 is 5.55. The van der Waals surface area contributed by atoms with Crippen LogP contribution in [0, 0.1) is 0 Å². The van der Waals surface area contributed by atoms with Crippen molar-refractivity contribution in [3.05, 3.63) is 30.1 Å². The number of carbonyl (C=O) groups excluding carboxylic acids is 1. The normalized spacial score (nSPS) is 16.3. The fourth-order valence-electron chi connectivity index (χ4n) is 2.52. The summed E-state index contributed by atoms with van der Waals surface area (Å²) in [5.41, 5.74) is 0.362. The summed E-state index contributed by atoms with van der Waals surface area (Å²) in [6.45, 7) is 2.20. The highest BCUT2D eigenvalue weighted by molar-refractivity contribution is 5.86. The van der Waals surface area contributed by atoms with Gasteiger partial charge in [-0.2, -0.15) is 0 Å². The molecular weight excluding hydrogens is 313 g/mol.